The molecule has 0 radical (unpaired) electrons. The van der Waals surface area contributed by atoms with E-state index in [9.17, 15) is 13.2 Å². The third-order valence-corrected chi connectivity index (χ3v) is 9.20. The molecule has 0 spiro atoms. The minimum atomic E-state index is -3.66. The molecular formula is C24H39N3O4S. The van der Waals surface area contributed by atoms with Crippen molar-refractivity contribution in [2.45, 2.75) is 63.3 Å². The van der Waals surface area contributed by atoms with Crippen LogP contribution in [-0.4, -0.2) is 76.3 Å². The van der Waals surface area contributed by atoms with Gasteiger partial charge < -0.3 is 15.0 Å². The zero-order chi connectivity index (χ0) is 23.3. The van der Waals surface area contributed by atoms with Gasteiger partial charge in [-0.2, -0.15) is 0 Å². The molecule has 2 aliphatic rings. The van der Waals surface area contributed by atoms with Gasteiger partial charge in [-0.3, -0.25) is 4.79 Å². The summed E-state index contributed by atoms with van der Waals surface area (Å²) in [7, 11) is -0.534. The van der Waals surface area contributed by atoms with Crippen molar-refractivity contribution >= 4 is 15.8 Å². The average Bonchev–Trinajstić information content (AvgIpc) is 2.77. The number of rotatable bonds is 9. The highest BCUT2D eigenvalue weighted by molar-refractivity contribution is 7.89. The van der Waals surface area contributed by atoms with E-state index in [1.54, 1.807) is 40.1 Å². The van der Waals surface area contributed by atoms with Crippen LogP contribution in [0.5, 0.6) is 5.75 Å². The summed E-state index contributed by atoms with van der Waals surface area (Å²) in [6, 6.07) is 4.15. The first-order chi connectivity index (χ1) is 15.2. The van der Waals surface area contributed by atoms with E-state index in [0.717, 1.165) is 39.0 Å². The van der Waals surface area contributed by atoms with E-state index in [0.29, 0.717) is 40.2 Å². The molecule has 2 saturated heterocycles. The smallest absolute Gasteiger partial charge is 0.243 e. The molecule has 0 amide bonds. The third-order valence-electron chi connectivity index (χ3n) is 7.03. The molecule has 1 aromatic rings. The monoisotopic (exact) mass is 465 g/mol. The van der Waals surface area contributed by atoms with Gasteiger partial charge in [0, 0.05) is 32.5 Å². The maximum absolute atomic E-state index is 13.1. The number of hydrogen-bond donors (Lipinski definition) is 1. The molecule has 0 aliphatic carbocycles. The second kappa shape index (κ2) is 11.1. The van der Waals surface area contributed by atoms with Crippen molar-refractivity contribution in [2.24, 2.45) is 5.92 Å². The minimum absolute atomic E-state index is 0.163. The zero-order valence-corrected chi connectivity index (χ0v) is 20.8. The fourth-order valence-electron chi connectivity index (χ4n) is 5.11. The number of likely N-dealkylation sites (tertiary alicyclic amines) is 1. The number of piperidine rings is 2. The molecule has 2 aliphatic heterocycles. The second-order valence-corrected chi connectivity index (χ2v) is 11.4. The number of nitrogens with zero attached hydrogens (tertiary/aromatic N) is 2. The van der Waals surface area contributed by atoms with Crippen LogP contribution < -0.4 is 10.1 Å². The van der Waals surface area contributed by atoms with Crippen molar-refractivity contribution in [2.75, 3.05) is 46.9 Å². The number of benzene rings is 1. The van der Waals surface area contributed by atoms with Crippen LogP contribution in [0, 0.1) is 19.8 Å². The Morgan fingerprint density at radius 3 is 2.28 bits per heavy atom. The maximum Gasteiger partial charge on any atom is 0.243 e. The molecule has 2 heterocycles. The molecule has 0 atom stereocenters. The van der Waals surface area contributed by atoms with Gasteiger partial charge in [-0.15, -0.1) is 0 Å². The standard InChI is InChI=1S/C24H39N3O4S/c1-18-15-23(31-4)16-19(2)24(18)32(29,30)26(3)12-9-22(28)17-20-7-13-27(14-8-20)21-5-10-25-11-6-21/h15-16,20-21,25H,5-14,17H2,1-4H3. The summed E-state index contributed by atoms with van der Waals surface area (Å²) in [6.45, 7) is 8.12. The number of carbonyl (C=O) groups excluding carboxylic acids is 1. The van der Waals surface area contributed by atoms with E-state index >= 15 is 0 Å². The van der Waals surface area contributed by atoms with Crippen molar-refractivity contribution in [3.05, 3.63) is 23.3 Å². The van der Waals surface area contributed by atoms with Gasteiger partial charge in [-0.1, -0.05) is 0 Å². The van der Waals surface area contributed by atoms with Gasteiger partial charge in [0.05, 0.1) is 12.0 Å². The molecule has 32 heavy (non-hydrogen) atoms. The van der Waals surface area contributed by atoms with E-state index in [1.807, 2.05) is 0 Å². The Kier molecular flexibility index (Phi) is 8.72. The van der Waals surface area contributed by atoms with Gasteiger partial charge in [0.2, 0.25) is 10.0 Å². The van der Waals surface area contributed by atoms with E-state index in [2.05, 4.69) is 10.2 Å². The Balaban J connectivity index is 1.48. The summed E-state index contributed by atoms with van der Waals surface area (Å²) < 4.78 is 32.8. The van der Waals surface area contributed by atoms with Crippen LogP contribution in [0.25, 0.3) is 0 Å². The van der Waals surface area contributed by atoms with Crippen molar-refractivity contribution in [3.63, 3.8) is 0 Å². The van der Waals surface area contributed by atoms with E-state index in [-0.39, 0.29) is 18.7 Å². The topological polar surface area (TPSA) is 79.0 Å². The highest BCUT2D eigenvalue weighted by atomic mass is 32.2. The van der Waals surface area contributed by atoms with E-state index in [1.165, 1.54) is 17.1 Å². The van der Waals surface area contributed by atoms with Crippen LogP contribution in [-0.2, 0) is 14.8 Å². The van der Waals surface area contributed by atoms with Crippen LogP contribution in [0.15, 0.2) is 17.0 Å². The first kappa shape index (κ1) is 25.1. The first-order valence-corrected chi connectivity index (χ1v) is 13.2. The van der Waals surface area contributed by atoms with Gasteiger partial charge in [0.1, 0.15) is 11.5 Å². The fourth-order valence-corrected chi connectivity index (χ4v) is 6.69. The van der Waals surface area contributed by atoms with Crippen molar-refractivity contribution in [3.8, 4) is 5.75 Å². The average molecular weight is 466 g/mol. The number of methoxy groups -OCH3 is 1. The van der Waals surface area contributed by atoms with Crippen LogP contribution >= 0.6 is 0 Å². The van der Waals surface area contributed by atoms with Crippen molar-refractivity contribution in [1.29, 1.82) is 0 Å². The molecule has 0 aromatic heterocycles. The third kappa shape index (κ3) is 6.10. The normalized spacial score (nSPS) is 19.4. The Morgan fingerprint density at radius 2 is 1.72 bits per heavy atom. The number of aryl methyl sites for hydroxylation is 2. The lowest BCUT2D eigenvalue weighted by Gasteiger charge is -2.39. The molecule has 0 saturated carbocycles. The molecule has 0 unspecified atom stereocenters. The van der Waals surface area contributed by atoms with Crippen molar-refractivity contribution in [1.82, 2.24) is 14.5 Å². The van der Waals surface area contributed by atoms with Gasteiger partial charge in [0.15, 0.2) is 0 Å². The summed E-state index contributed by atoms with van der Waals surface area (Å²) in [5.74, 6) is 1.23. The number of Topliss-reactive ketones (excluding diaryl/α,β-unsaturated/α-hetero) is 1. The molecule has 2 fully saturated rings. The molecule has 3 rings (SSSR count). The number of hydrogen-bond acceptors (Lipinski definition) is 6. The summed E-state index contributed by atoms with van der Waals surface area (Å²) in [5, 5.41) is 3.42. The van der Waals surface area contributed by atoms with E-state index in [4.69, 9.17) is 4.74 Å². The van der Waals surface area contributed by atoms with Crippen LogP contribution in [0.2, 0.25) is 0 Å². The summed E-state index contributed by atoms with van der Waals surface area (Å²) in [5.41, 5.74) is 1.31. The Labute approximate surface area is 193 Å². The number of sulfonamides is 1. The number of ketones is 1. The molecule has 7 nitrogen and oxygen atoms in total. The lowest BCUT2D eigenvalue weighted by Crippen LogP contribution is -2.46. The summed E-state index contributed by atoms with van der Waals surface area (Å²) in [6.07, 6.45) is 5.39. The number of nitrogens with one attached hydrogen (secondary N) is 1. The molecule has 1 aromatic carbocycles. The Morgan fingerprint density at radius 1 is 1.12 bits per heavy atom. The zero-order valence-electron chi connectivity index (χ0n) is 20.0. The van der Waals surface area contributed by atoms with Crippen LogP contribution in [0.4, 0.5) is 0 Å². The number of carbonyl (C=O) groups is 1. The molecule has 8 heteroatoms. The van der Waals surface area contributed by atoms with Gasteiger partial charge in [-0.05, 0) is 94.9 Å². The quantitative estimate of drug-likeness (QED) is 0.604. The lowest BCUT2D eigenvalue weighted by atomic mass is 9.89. The first-order valence-electron chi connectivity index (χ1n) is 11.8. The predicted octanol–water partition coefficient (Wildman–Crippen LogP) is 2.75. The molecule has 0 bridgehead atoms. The van der Waals surface area contributed by atoms with Crippen LogP contribution in [0.3, 0.4) is 0 Å². The van der Waals surface area contributed by atoms with Gasteiger partial charge in [-0.25, -0.2) is 12.7 Å². The molecule has 180 valence electrons. The molecular weight excluding hydrogens is 426 g/mol. The SMILES string of the molecule is COc1cc(C)c(S(=O)(=O)N(C)CCC(=O)CC2CCN(C3CCNCC3)CC2)c(C)c1. The lowest BCUT2D eigenvalue weighted by molar-refractivity contribution is -0.120. The highest BCUT2D eigenvalue weighted by Crippen LogP contribution is 2.28. The van der Waals surface area contributed by atoms with E-state index < -0.39 is 10.0 Å². The predicted molar refractivity (Wildman–Crippen MR) is 127 cm³/mol. The highest BCUT2D eigenvalue weighted by Gasteiger charge is 2.28. The van der Waals surface area contributed by atoms with Gasteiger partial charge in [0.25, 0.3) is 0 Å². The Bertz CT molecular complexity index is 866. The second-order valence-electron chi connectivity index (χ2n) is 9.37. The minimum Gasteiger partial charge on any atom is -0.497 e. The Hall–Kier alpha value is -1.48. The maximum atomic E-state index is 13.1. The van der Waals surface area contributed by atoms with Crippen molar-refractivity contribution < 1.29 is 17.9 Å². The summed E-state index contributed by atoms with van der Waals surface area (Å²) >= 11 is 0. The number of ether oxygens (including phenoxy) is 1. The van der Waals surface area contributed by atoms with Crippen LogP contribution in [0.1, 0.15) is 49.7 Å². The summed E-state index contributed by atoms with van der Waals surface area (Å²) in [4.78, 5) is 15.5. The largest absolute Gasteiger partial charge is 0.497 e. The van der Waals surface area contributed by atoms with Gasteiger partial charge >= 0.3 is 0 Å². The molecule has 1 N–H and O–H groups in total. The fraction of sp³-hybridized carbons (Fsp3) is 0.708.